The lowest BCUT2D eigenvalue weighted by atomic mass is 10.2. The number of rotatable bonds is 3. The third-order valence-corrected chi connectivity index (χ3v) is 1.27. The SMILES string of the molecule is CC(C)(C)ON/C=C/c1cnccn1. The number of nitrogens with one attached hydrogen (secondary N) is 1. The molecule has 0 spiro atoms. The van der Waals surface area contributed by atoms with Crippen molar-refractivity contribution < 1.29 is 4.84 Å². The highest BCUT2D eigenvalue weighted by Gasteiger charge is 2.08. The highest BCUT2D eigenvalue weighted by atomic mass is 16.7. The maximum absolute atomic E-state index is 5.27. The van der Waals surface area contributed by atoms with Gasteiger partial charge in [0.2, 0.25) is 0 Å². The fourth-order valence-electron chi connectivity index (χ4n) is 0.727. The van der Waals surface area contributed by atoms with Crippen LogP contribution in [0.25, 0.3) is 6.08 Å². The van der Waals surface area contributed by atoms with E-state index in [0.29, 0.717) is 0 Å². The van der Waals surface area contributed by atoms with Gasteiger partial charge in [-0.3, -0.25) is 20.3 Å². The molecule has 1 aromatic heterocycles. The van der Waals surface area contributed by atoms with Crippen LogP contribution in [0.1, 0.15) is 26.5 Å². The lowest BCUT2D eigenvalue weighted by molar-refractivity contribution is -0.0517. The molecule has 0 aliphatic carbocycles. The van der Waals surface area contributed by atoms with Crippen LogP contribution in [0.15, 0.2) is 24.8 Å². The Morgan fingerprint density at radius 3 is 2.71 bits per heavy atom. The maximum atomic E-state index is 5.27. The summed E-state index contributed by atoms with van der Waals surface area (Å²) in [5.74, 6) is 0. The molecule has 0 aromatic carbocycles. The van der Waals surface area contributed by atoms with E-state index in [0.717, 1.165) is 5.69 Å². The Bertz CT molecular complexity index is 290. The van der Waals surface area contributed by atoms with E-state index in [1.54, 1.807) is 30.9 Å². The minimum Gasteiger partial charge on any atom is -0.274 e. The number of aromatic nitrogens is 2. The van der Waals surface area contributed by atoms with E-state index in [2.05, 4.69) is 15.4 Å². The number of hydrogen-bond donors (Lipinski definition) is 1. The van der Waals surface area contributed by atoms with Gasteiger partial charge in [-0.2, -0.15) is 0 Å². The molecule has 1 heterocycles. The van der Waals surface area contributed by atoms with Crippen LogP contribution >= 0.6 is 0 Å². The molecule has 76 valence electrons. The molecular formula is C10H15N3O. The first-order chi connectivity index (χ1) is 6.58. The molecule has 0 saturated heterocycles. The van der Waals surface area contributed by atoms with Gasteiger partial charge in [-0.05, 0) is 26.8 Å². The summed E-state index contributed by atoms with van der Waals surface area (Å²) in [5.41, 5.74) is 3.31. The summed E-state index contributed by atoms with van der Waals surface area (Å²) in [6.07, 6.45) is 8.43. The monoisotopic (exact) mass is 193 g/mol. The largest absolute Gasteiger partial charge is 0.274 e. The van der Waals surface area contributed by atoms with Gasteiger partial charge >= 0.3 is 0 Å². The molecule has 1 N–H and O–H groups in total. The fourth-order valence-corrected chi connectivity index (χ4v) is 0.727. The van der Waals surface area contributed by atoms with Crippen LogP contribution in [-0.4, -0.2) is 15.6 Å². The summed E-state index contributed by atoms with van der Waals surface area (Å²) in [4.78, 5) is 13.3. The van der Waals surface area contributed by atoms with E-state index in [1.807, 2.05) is 20.8 Å². The Balaban J connectivity index is 2.35. The molecule has 0 unspecified atom stereocenters. The zero-order valence-electron chi connectivity index (χ0n) is 8.69. The molecule has 0 amide bonds. The minimum absolute atomic E-state index is 0.202. The van der Waals surface area contributed by atoms with E-state index in [9.17, 15) is 0 Å². The molecule has 0 saturated carbocycles. The highest BCUT2D eigenvalue weighted by Crippen LogP contribution is 2.03. The fraction of sp³-hybridized carbons (Fsp3) is 0.400. The second kappa shape index (κ2) is 4.72. The predicted octanol–water partition coefficient (Wildman–Crippen LogP) is 1.77. The summed E-state index contributed by atoms with van der Waals surface area (Å²) in [5, 5.41) is 0. The average molecular weight is 193 g/mol. The topological polar surface area (TPSA) is 47.0 Å². The van der Waals surface area contributed by atoms with Crippen molar-refractivity contribution in [3.63, 3.8) is 0 Å². The number of hydrogen-bond acceptors (Lipinski definition) is 4. The van der Waals surface area contributed by atoms with Gasteiger partial charge in [0, 0.05) is 18.6 Å². The van der Waals surface area contributed by atoms with Gasteiger partial charge in [-0.25, -0.2) is 0 Å². The third kappa shape index (κ3) is 4.57. The second-order valence-corrected chi connectivity index (χ2v) is 3.80. The van der Waals surface area contributed by atoms with Crippen molar-refractivity contribution in [3.05, 3.63) is 30.5 Å². The Morgan fingerprint density at radius 2 is 2.14 bits per heavy atom. The first-order valence-electron chi connectivity index (χ1n) is 4.44. The zero-order chi connectivity index (χ0) is 10.4. The van der Waals surface area contributed by atoms with E-state index in [1.165, 1.54) is 0 Å². The summed E-state index contributed by atoms with van der Waals surface area (Å²) < 4.78 is 0. The van der Waals surface area contributed by atoms with Crippen LogP contribution < -0.4 is 5.48 Å². The summed E-state index contributed by atoms with van der Waals surface area (Å²) in [6.45, 7) is 5.91. The van der Waals surface area contributed by atoms with Crippen molar-refractivity contribution in [2.75, 3.05) is 0 Å². The number of nitrogens with zero attached hydrogens (tertiary/aromatic N) is 2. The zero-order valence-corrected chi connectivity index (χ0v) is 8.69. The molecule has 1 rings (SSSR count). The molecule has 0 bridgehead atoms. The van der Waals surface area contributed by atoms with Crippen molar-refractivity contribution in [1.82, 2.24) is 15.4 Å². The Hall–Kier alpha value is -1.42. The third-order valence-electron chi connectivity index (χ3n) is 1.27. The first-order valence-corrected chi connectivity index (χ1v) is 4.44. The van der Waals surface area contributed by atoms with Gasteiger partial charge in [0.15, 0.2) is 0 Å². The average Bonchev–Trinajstić information content (AvgIpc) is 2.13. The van der Waals surface area contributed by atoms with E-state index in [-0.39, 0.29) is 5.60 Å². The normalized spacial score (nSPS) is 11.9. The van der Waals surface area contributed by atoms with Crippen molar-refractivity contribution >= 4 is 6.08 Å². The van der Waals surface area contributed by atoms with Gasteiger partial charge in [0.1, 0.15) is 0 Å². The maximum Gasteiger partial charge on any atom is 0.0876 e. The van der Waals surface area contributed by atoms with Gasteiger partial charge in [-0.15, -0.1) is 0 Å². The standard InChI is InChI=1S/C10H15N3O/c1-10(2,3)14-13-5-4-9-8-11-6-7-12-9/h4-8,13H,1-3H3/b5-4+. The summed E-state index contributed by atoms with van der Waals surface area (Å²) in [6, 6.07) is 0. The van der Waals surface area contributed by atoms with Gasteiger partial charge in [0.05, 0.1) is 17.5 Å². The van der Waals surface area contributed by atoms with Crippen molar-refractivity contribution in [2.45, 2.75) is 26.4 Å². The van der Waals surface area contributed by atoms with E-state index < -0.39 is 0 Å². The van der Waals surface area contributed by atoms with Crippen LogP contribution in [0.4, 0.5) is 0 Å². The Labute approximate surface area is 84.0 Å². The van der Waals surface area contributed by atoms with E-state index >= 15 is 0 Å². The molecule has 1 aromatic rings. The lowest BCUT2D eigenvalue weighted by Gasteiger charge is -2.17. The molecular weight excluding hydrogens is 178 g/mol. The van der Waals surface area contributed by atoms with Gasteiger partial charge in [0.25, 0.3) is 0 Å². The molecule has 0 atom stereocenters. The van der Waals surface area contributed by atoms with Crippen molar-refractivity contribution in [3.8, 4) is 0 Å². The van der Waals surface area contributed by atoms with Gasteiger partial charge in [-0.1, -0.05) is 0 Å². The Morgan fingerprint density at radius 1 is 1.36 bits per heavy atom. The molecule has 0 radical (unpaired) electrons. The predicted molar refractivity (Wildman–Crippen MR) is 55.0 cm³/mol. The molecule has 0 aliphatic heterocycles. The van der Waals surface area contributed by atoms with Gasteiger partial charge < -0.3 is 0 Å². The molecule has 0 aliphatic rings. The molecule has 4 nitrogen and oxygen atoms in total. The van der Waals surface area contributed by atoms with Crippen LogP contribution in [0.3, 0.4) is 0 Å². The van der Waals surface area contributed by atoms with Crippen LogP contribution in [0.2, 0.25) is 0 Å². The van der Waals surface area contributed by atoms with Crippen LogP contribution in [0, 0.1) is 0 Å². The lowest BCUT2D eigenvalue weighted by Crippen LogP contribution is -2.25. The quantitative estimate of drug-likeness (QED) is 0.743. The minimum atomic E-state index is -0.202. The summed E-state index contributed by atoms with van der Waals surface area (Å²) >= 11 is 0. The Kier molecular flexibility index (Phi) is 3.59. The van der Waals surface area contributed by atoms with E-state index in [4.69, 9.17) is 4.84 Å². The van der Waals surface area contributed by atoms with Crippen molar-refractivity contribution in [2.24, 2.45) is 0 Å². The van der Waals surface area contributed by atoms with Crippen LogP contribution in [-0.2, 0) is 4.84 Å². The van der Waals surface area contributed by atoms with Crippen LogP contribution in [0.5, 0.6) is 0 Å². The molecule has 14 heavy (non-hydrogen) atoms. The highest BCUT2D eigenvalue weighted by molar-refractivity contribution is 5.41. The molecule has 4 heteroatoms. The first kappa shape index (κ1) is 10.7. The number of hydroxylamine groups is 1. The summed E-state index contributed by atoms with van der Waals surface area (Å²) in [7, 11) is 0. The second-order valence-electron chi connectivity index (χ2n) is 3.80. The van der Waals surface area contributed by atoms with Crippen molar-refractivity contribution in [1.29, 1.82) is 0 Å². The smallest absolute Gasteiger partial charge is 0.0876 e. The molecule has 0 fully saturated rings.